The molecule has 0 fully saturated rings. The summed E-state index contributed by atoms with van der Waals surface area (Å²) in [5.41, 5.74) is 1.08. The van der Waals surface area contributed by atoms with Gasteiger partial charge in [0, 0.05) is 18.3 Å². The van der Waals surface area contributed by atoms with Crippen molar-refractivity contribution in [3.63, 3.8) is 0 Å². The van der Waals surface area contributed by atoms with Crippen molar-refractivity contribution in [1.82, 2.24) is 0 Å². The second-order valence-electron chi connectivity index (χ2n) is 3.13. The fourth-order valence-corrected chi connectivity index (χ4v) is 1.45. The molecule has 0 N–H and O–H groups in total. The zero-order chi connectivity index (χ0) is 9.52. The maximum atomic E-state index is 6.08. The quantitative estimate of drug-likeness (QED) is 0.512. The normalized spacial score (nSPS) is 10.0. The molecule has 1 rings (SSSR count). The molecule has 0 aromatic heterocycles. The van der Waals surface area contributed by atoms with Crippen LogP contribution in [0.15, 0.2) is 30.3 Å². The number of nitrogens with zero attached hydrogens (tertiary/aromatic N) is 1. The van der Waals surface area contributed by atoms with E-state index in [0.29, 0.717) is 0 Å². The topological polar surface area (TPSA) is 3.24 Å². The largest absolute Gasteiger partial charge is 0.285 e. The summed E-state index contributed by atoms with van der Waals surface area (Å²) in [5.74, 6) is 0. The molecular weight excluding hydrogens is 182 g/mol. The minimum atomic E-state index is 0.930. The van der Waals surface area contributed by atoms with Crippen molar-refractivity contribution in [2.24, 2.45) is 0 Å². The second kappa shape index (κ2) is 5.87. The third-order valence-electron chi connectivity index (χ3n) is 1.99. The van der Waals surface area contributed by atoms with Crippen molar-refractivity contribution in [2.75, 3.05) is 11.0 Å². The highest BCUT2D eigenvalue weighted by Gasteiger charge is 2.00. The molecule has 0 bridgehead atoms. The standard InChI is InChI=1S/C11H16ClN/c1-2-3-7-10-13(12)11-8-5-4-6-9-11/h4-6,8-9H,2-3,7,10H2,1H3. The summed E-state index contributed by atoms with van der Waals surface area (Å²) in [7, 11) is 0. The first-order valence-electron chi connectivity index (χ1n) is 4.83. The molecule has 0 saturated heterocycles. The molecule has 0 heterocycles. The van der Waals surface area contributed by atoms with Gasteiger partial charge in [-0.2, -0.15) is 0 Å². The summed E-state index contributed by atoms with van der Waals surface area (Å²) >= 11 is 6.08. The number of anilines is 1. The van der Waals surface area contributed by atoms with Crippen molar-refractivity contribution in [3.05, 3.63) is 30.3 Å². The van der Waals surface area contributed by atoms with Gasteiger partial charge in [-0.1, -0.05) is 38.0 Å². The lowest BCUT2D eigenvalue weighted by molar-refractivity contribution is 0.727. The van der Waals surface area contributed by atoms with E-state index in [2.05, 4.69) is 6.92 Å². The minimum Gasteiger partial charge on any atom is -0.285 e. The number of benzene rings is 1. The van der Waals surface area contributed by atoms with E-state index in [1.165, 1.54) is 12.8 Å². The number of rotatable bonds is 5. The first-order valence-corrected chi connectivity index (χ1v) is 5.16. The molecule has 2 heteroatoms. The Morgan fingerprint density at radius 2 is 1.85 bits per heavy atom. The highest BCUT2D eigenvalue weighted by molar-refractivity contribution is 6.25. The van der Waals surface area contributed by atoms with Crippen LogP contribution in [-0.2, 0) is 0 Å². The predicted octanol–water partition coefficient (Wildman–Crippen LogP) is 3.84. The van der Waals surface area contributed by atoms with Gasteiger partial charge in [0.25, 0.3) is 0 Å². The van der Waals surface area contributed by atoms with E-state index in [1.807, 2.05) is 30.3 Å². The van der Waals surface area contributed by atoms with Crippen LogP contribution in [0, 0.1) is 0 Å². The van der Waals surface area contributed by atoms with Gasteiger partial charge >= 0.3 is 0 Å². The van der Waals surface area contributed by atoms with Crippen LogP contribution in [0.2, 0.25) is 0 Å². The average molecular weight is 198 g/mol. The smallest absolute Gasteiger partial charge is 0.0523 e. The number of halogens is 1. The Balaban J connectivity index is 2.35. The van der Waals surface area contributed by atoms with Crippen LogP contribution < -0.4 is 4.42 Å². The van der Waals surface area contributed by atoms with E-state index in [4.69, 9.17) is 11.8 Å². The number of unbranched alkanes of at least 4 members (excludes halogenated alkanes) is 2. The molecule has 0 atom stereocenters. The van der Waals surface area contributed by atoms with Crippen LogP contribution in [0.3, 0.4) is 0 Å². The van der Waals surface area contributed by atoms with E-state index in [9.17, 15) is 0 Å². The van der Waals surface area contributed by atoms with Gasteiger partial charge in [-0.15, -0.1) is 0 Å². The lowest BCUT2D eigenvalue weighted by Gasteiger charge is -2.14. The molecule has 0 radical (unpaired) electrons. The third kappa shape index (κ3) is 3.69. The molecule has 0 aliphatic heterocycles. The SMILES string of the molecule is CCCCCN(Cl)c1ccccc1. The van der Waals surface area contributed by atoms with E-state index in [-0.39, 0.29) is 0 Å². The number of hydrogen-bond donors (Lipinski definition) is 0. The highest BCUT2D eigenvalue weighted by atomic mass is 35.5. The van der Waals surface area contributed by atoms with Crippen LogP contribution in [-0.4, -0.2) is 6.54 Å². The van der Waals surface area contributed by atoms with Crippen molar-refractivity contribution in [3.8, 4) is 0 Å². The molecule has 13 heavy (non-hydrogen) atoms. The Kier molecular flexibility index (Phi) is 4.69. The van der Waals surface area contributed by atoms with E-state index in [1.54, 1.807) is 4.42 Å². The average Bonchev–Trinajstić information content (AvgIpc) is 2.19. The van der Waals surface area contributed by atoms with Crippen molar-refractivity contribution >= 4 is 17.5 Å². The van der Waals surface area contributed by atoms with Gasteiger partial charge in [-0.3, -0.25) is 4.42 Å². The summed E-state index contributed by atoms with van der Waals surface area (Å²) in [4.78, 5) is 0. The summed E-state index contributed by atoms with van der Waals surface area (Å²) < 4.78 is 1.79. The molecule has 0 spiro atoms. The molecule has 0 unspecified atom stereocenters. The zero-order valence-corrected chi connectivity index (χ0v) is 8.80. The van der Waals surface area contributed by atoms with Crippen molar-refractivity contribution in [1.29, 1.82) is 0 Å². The van der Waals surface area contributed by atoms with Gasteiger partial charge in [-0.05, 0) is 18.6 Å². The molecule has 0 aliphatic carbocycles. The first kappa shape index (κ1) is 10.4. The van der Waals surface area contributed by atoms with Gasteiger partial charge in [0.15, 0.2) is 0 Å². The van der Waals surface area contributed by atoms with Crippen molar-refractivity contribution in [2.45, 2.75) is 26.2 Å². The maximum absolute atomic E-state index is 6.08. The zero-order valence-electron chi connectivity index (χ0n) is 8.04. The highest BCUT2D eigenvalue weighted by Crippen LogP contribution is 2.16. The minimum absolute atomic E-state index is 0.930. The van der Waals surface area contributed by atoms with Crippen LogP contribution in [0.5, 0.6) is 0 Å². The van der Waals surface area contributed by atoms with Crippen LogP contribution in [0.4, 0.5) is 5.69 Å². The fraction of sp³-hybridized carbons (Fsp3) is 0.455. The van der Waals surface area contributed by atoms with Gasteiger partial charge in [0.05, 0.1) is 5.69 Å². The van der Waals surface area contributed by atoms with Crippen LogP contribution in [0.1, 0.15) is 26.2 Å². The van der Waals surface area contributed by atoms with Gasteiger partial charge in [0.2, 0.25) is 0 Å². The Morgan fingerprint density at radius 1 is 1.15 bits per heavy atom. The Morgan fingerprint density at radius 3 is 2.46 bits per heavy atom. The monoisotopic (exact) mass is 197 g/mol. The first-order chi connectivity index (χ1) is 6.34. The molecule has 1 nitrogen and oxygen atoms in total. The summed E-state index contributed by atoms with van der Waals surface area (Å²) in [5, 5.41) is 0. The van der Waals surface area contributed by atoms with Crippen LogP contribution in [0.25, 0.3) is 0 Å². The number of hydrogen-bond acceptors (Lipinski definition) is 1. The fourth-order valence-electron chi connectivity index (χ4n) is 1.22. The van der Waals surface area contributed by atoms with Gasteiger partial charge < -0.3 is 0 Å². The van der Waals surface area contributed by atoms with E-state index in [0.717, 1.165) is 18.7 Å². The Labute approximate surface area is 85.4 Å². The summed E-state index contributed by atoms with van der Waals surface area (Å²) in [6, 6.07) is 10.1. The molecular formula is C11H16ClN. The Hall–Kier alpha value is -0.690. The molecule has 72 valence electrons. The van der Waals surface area contributed by atoms with Crippen molar-refractivity contribution < 1.29 is 0 Å². The van der Waals surface area contributed by atoms with Gasteiger partial charge in [0.1, 0.15) is 0 Å². The maximum Gasteiger partial charge on any atom is 0.0523 e. The molecule has 1 aromatic carbocycles. The molecule has 0 aliphatic rings. The predicted molar refractivity (Wildman–Crippen MR) is 59.2 cm³/mol. The lowest BCUT2D eigenvalue weighted by atomic mass is 10.2. The molecule has 1 aromatic rings. The molecule has 0 saturated carbocycles. The summed E-state index contributed by atoms with van der Waals surface area (Å²) in [6.45, 7) is 3.13. The number of para-hydroxylation sites is 1. The summed E-state index contributed by atoms with van der Waals surface area (Å²) in [6.07, 6.45) is 3.64. The van der Waals surface area contributed by atoms with Crippen LogP contribution >= 0.6 is 11.8 Å². The van der Waals surface area contributed by atoms with E-state index >= 15 is 0 Å². The second-order valence-corrected chi connectivity index (χ2v) is 3.54. The van der Waals surface area contributed by atoms with E-state index < -0.39 is 0 Å². The lowest BCUT2D eigenvalue weighted by Crippen LogP contribution is -2.11. The van der Waals surface area contributed by atoms with Gasteiger partial charge in [-0.25, -0.2) is 0 Å². The molecule has 0 amide bonds. The third-order valence-corrected chi connectivity index (χ3v) is 2.36. The Bertz CT molecular complexity index is 223.